The lowest BCUT2D eigenvalue weighted by Gasteiger charge is -2.29. The molecule has 0 aliphatic rings. The molecule has 0 aromatic rings. The topological polar surface area (TPSA) is 108 Å². The largest absolute Gasteiger partial charge is 0.756 e. The number of nitrogens with zero attached hydrogens (tertiary/aromatic N) is 1. The fourth-order valence-electron chi connectivity index (χ4n) is 8.27. The number of carbonyl (C=O) groups is 1. The van der Waals surface area contributed by atoms with Gasteiger partial charge in [0.2, 0.25) is 5.91 Å². The lowest BCUT2D eigenvalue weighted by atomic mass is 10.1. The Morgan fingerprint density at radius 1 is 0.450 bits per heavy atom. The van der Waals surface area contributed by atoms with E-state index in [-0.39, 0.29) is 12.5 Å². The normalized spacial score (nSPS) is 14.8. The number of hydrogen-bond acceptors (Lipinski definition) is 6. The van der Waals surface area contributed by atoms with E-state index in [0.717, 1.165) is 135 Å². The van der Waals surface area contributed by atoms with E-state index in [4.69, 9.17) is 9.05 Å². The minimum absolute atomic E-state index is 0.0207. The van der Waals surface area contributed by atoms with Crippen molar-refractivity contribution in [2.24, 2.45) is 0 Å². The number of carbonyl (C=O) groups excluding carboxylic acids is 1. The van der Waals surface area contributed by atoms with Gasteiger partial charge in [-0.2, -0.15) is 0 Å². The van der Waals surface area contributed by atoms with Gasteiger partial charge in [0, 0.05) is 6.42 Å². The Balaban J connectivity index is 4.28. The first kappa shape index (κ1) is 76.1. The molecule has 9 heteroatoms. The molecule has 3 atom stereocenters. The summed E-state index contributed by atoms with van der Waals surface area (Å²) >= 11 is 0. The molecular formula is C71H119N2O6P. The van der Waals surface area contributed by atoms with Crippen LogP contribution in [0.15, 0.2) is 158 Å². The van der Waals surface area contributed by atoms with Crippen LogP contribution in [0.25, 0.3) is 0 Å². The van der Waals surface area contributed by atoms with Crippen molar-refractivity contribution in [1.82, 2.24) is 5.32 Å². The van der Waals surface area contributed by atoms with Gasteiger partial charge in [0.1, 0.15) is 13.2 Å². The first-order valence-corrected chi connectivity index (χ1v) is 33.3. The standard InChI is InChI=1S/C71H119N2O6P/c1-6-8-10-12-14-16-18-20-22-24-26-28-29-30-31-32-33-34-35-36-37-38-39-40-41-42-43-45-47-49-51-53-55-57-59-61-63-65-71(75)72-69(68-79-80(76,77)78-67-66-73(3,4)5)70(74)64-62-60-58-56-54-52-50-48-46-44-27-25-23-21-19-17-15-13-11-9-7-2/h8,10,14,16,20,22,26,28,30-31,33-34,36-37,39-40,42-43,46-49,54,56,62,64,69-70,74H,6-7,9,11-13,15,17-19,21,23-25,27,29,32,35,38,41,44-45,50-53,55,57-61,63,65-68H2,1-5H3,(H-,72,75,76,77)/b10-8-,16-14-,22-20-,28-26-,31-30-,34-33-,37-36-,40-39-,43-42-,48-46+,49-47-,56-54+,64-62+. The van der Waals surface area contributed by atoms with Crippen LogP contribution >= 0.6 is 7.82 Å². The third kappa shape index (κ3) is 61.7. The third-order valence-electron chi connectivity index (χ3n) is 13.2. The zero-order valence-corrected chi connectivity index (χ0v) is 52.6. The highest BCUT2D eigenvalue weighted by atomic mass is 31.2. The summed E-state index contributed by atoms with van der Waals surface area (Å²) in [5.41, 5.74) is 0. The lowest BCUT2D eigenvalue weighted by molar-refractivity contribution is -0.870. The van der Waals surface area contributed by atoms with Crippen LogP contribution in [0, 0.1) is 0 Å². The van der Waals surface area contributed by atoms with Crippen molar-refractivity contribution in [3.8, 4) is 0 Å². The van der Waals surface area contributed by atoms with Crippen LogP contribution in [0.1, 0.15) is 232 Å². The van der Waals surface area contributed by atoms with Crippen molar-refractivity contribution in [2.75, 3.05) is 40.9 Å². The predicted octanol–water partition coefficient (Wildman–Crippen LogP) is 19.6. The maximum absolute atomic E-state index is 13.0. The number of phosphoric ester groups is 1. The second-order valence-corrected chi connectivity index (χ2v) is 23.4. The SMILES string of the molecule is CC/C=C\C/C=C\C/C=C\C/C=C\C/C=C\C/C=C\C/C=C\C/C=C\C/C=C\C/C=C\CCCCCCCCC(=O)NC(COP(=O)([O-])OCC[N+](C)(C)C)C(O)/C=C/CC/C=C/CC/C=C/CCCCCCCCCCCCC. The number of rotatable bonds is 56. The first-order valence-electron chi connectivity index (χ1n) is 31.8. The van der Waals surface area contributed by atoms with Gasteiger partial charge in [-0.15, -0.1) is 0 Å². The number of allylic oxidation sites excluding steroid dienone is 25. The summed E-state index contributed by atoms with van der Waals surface area (Å²) in [6.45, 7) is 4.48. The van der Waals surface area contributed by atoms with Gasteiger partial charge in [-0.05, 0) is 122 Å². The molecule has 454 valence electrons. The van der Waals surface area contributed by atoms with Crippen molar-refractivity contribution in [1.29, 1.82) is 0 Å². The summed E-state index contributed by atoms with van der Waals surface area (Å²) < 4.78 is 23.3. The van der Waals surface area contributed by atoms with Crippen LogP contribution in [-0.4, -0.2) is 68.5 Å². The minimum Gasteiger partial charge on any atom is -0.756 e. The van der Waals surface area contributed by atoms with Gasteiger partial charge >= 0.3 is 0 Å². The Morgan fingerprint density at radius 2 is 0.775 bits per heavy atom. The fourth-order valence-corrected chi connectivity index (χ4v) is 8.99. The molecule has 0 spiro atoms. The average Bonchev–Trinajstić information content (AvgIpc) is 3.42. The number of aliphatic hydroxyl groups excluding tert-OH is 1. The number of phosphoric acid groups is 1. The van der Waals surface area contributed by atoms with E-state index in [1.165, 1.54) is 77.0 Å². The molecule has 3 unspecified atom stereocenters. The Labute approximate surface area is 492 Å². The lowest BCUT2D eigenvalue weighted by Crippen LogP contribution is -2.45. The minimum atomic E-state index is -4.63. The third-order valence-corrected chi connectivity index (χ3v) is 14.2. The molecule has 0 rings (SSSR count). The van der Waals surface area contributed by atoms with Gasteiger partial charge in [-0.3, -0.25) is 9.36 Å². The van der Waals surface area contributed by atoms with Gasteiger partial charge in [0.15, 0.2) is 0 Å². The highest BCUT2D eigenvalue weighted by molar-refractivity contribution is 7.45. The van der Waals surface area contributed by atoms with Crippen LogP contribution < -0.4 is 10.2 Å². The van der Waals surface area contributed by atoms with Crippen molar-refractivity contribution < 1.29 is 32.9 Å². The molecule has 0 heterocycles. The first-order chi connectivity index (χ1) is 39.0. The van der Waals surface area contributed by atoms with Gasteiger partial charge in [0.25, 0.3) is 7.82 Å². The van der Waals surface area contributed by atoms with Gasteiger partial charge in [0.05, 0.1) is 39.9 Å². The van der Waals surface area contributed by atoms with E-state index in [1.54, 1.807) is 6.08 Å². The maximum atomic E-state index is 13.0. The van der Waals surface area contributed by atoms with Gasteiger partial charge < -0.3 is 28.8 Å². The van der Waals surface area contributed by atoms with Crippen molar-refractivity contribution in [2.45, 2.75) is 244 Å². The molecule has 0 saturated heterocycles. The van der Waals surface area contributed by atoms with Crippen molar-refractivity contribution in [3.63, 3.8) is 0 Å². The molecule has 8 nitrogen and oxygen atoms in total. The van der Waals surface area contributed by atoms with Crippen LogP contribution in [0.2, 0.25) is 0 Å². The molecule has 2 N–H and O–H groups in total. The summed E-state index contributed by atoms with van der Waals surface area (Å²) in [6.07, 6.45) is 93.3. The zero-order chi connectivity index (χ0) is 58.4. The summed E-state index contributed by atoms with van der Waals surface area (Å²) in [5.74, 6) is -0.232. The number of aliphatic hydroxyl groups is 1. The number of nitrogens with one attached hydrogen (secondary N) is 1. The van der Waals surface area contributed by atoms with Gasteiger partial charge in [-0.1, -0.05) is 262 Å². The molecule has 0 aromatic heterocycles. The quantitative estimate of drug-likeness (QED) is 0.0272. The molecule has 0 bridgehead atoms. The molecule has 0 aliphatic carbocycles. The number of amides is 1. The Kier molecular flexibility index (Phi) is 56.8. The van der Waals surface area contributed by atoms with E-state index in [0.29, 0.717) is 17.4 Å². The summed E-state index contributed by atoms with van der Waals surface area (Å²) in [6, 6.07) is -0.931. The highest BCUT2D eigenvalue weighted by Crippen LogP contribution is 2.38. The monoisotopic (exact) mass is 1130 g/mol. The predicted molar refractivity (Wildman–Crippen MR) is 347 cm³/mol. The Morgan fingerprint density at radius 3 is 1.16 bits per heavy atom. The molecule has 0 fully saturated rings. The van der Waals surface area contributed by atoms with Crippen molar-refractivity contribution >= 4 is 13.7 Å². The summed E-state index contributed by atoms with van der Waals surface area (Å²) in [4.78, 5) is 25.6. The summed E-state index contributed by atoms with van der Waals surface area (Å²) in [5, 5.41) is 13.9. The fraction of sp³-hybridized carbons (Fsp3) is 0.620. The van der Waals surface area contributed by atoms with Gasteiger partial charge in [-0.25, -0.2) is 0 Å². The second kappa shape index (κ2) is 59.7. The van der Waals surface area contributed by atoms with E-state index in [9.17, 15) is 19.4 Å². The van der Waals surface area contributed by atoms with Crippen LogP contribution in [0.4, 0.5) is 0 Å². The number of unbranched alkanes of at least 4 members (excludes halogenated alkanes) is 19. The van der Waals surface area contributed by atoms with Crippen LogP contribution in [0.3, 0.4) is 0 Å². The highest BCUT2D eigenvalue weighted by Gasteiger charge is 2.23. The second-order valence-electron chi connectivity index (χ2n) is 22.0. The number of hydrogen-bond donors (Lipinski definition) is 2. The Bertz CT molecular complexity index is 1860. The average molecular weight is 1130 g/mol. The molecule has 1 amide bonds. The molecular weight excluding hydrogens is 1010 g/mol. The summed E-state index contributed by atoms with van der Waals surface area (Å²) in [7, 11) is 1.20. The van der Waals surface area contributed by atoms with E-state index in [2.05, 4.69) is 165 Å². The smallest absolute Gasteiger partial charge is 0.268 e. The van der Waals surface area contributed by atoms with E-state index in [1.807, 2.05) is 27.2 Å². The zero-order valence-electron chi connectivity index (χ0n) is 51.7. The van der Waals surface area contributed by atoms with Crippen LogP contribution in [0.5, 0.6) is 0 Å². The molecule has 0 aliphatic heterocycles. The molecule has 0 saturated carbocycles. The van der Waals surface area contributed by atoms with Crippen molar-refractivity contribution in [3.05, 3.63) is 158 Å². The number of quaternary nitrogens is 1. The van der Waals surface area contributed by atoms with Crippen LogP contribution in [-0.2, 0) is 18.4 Å². The Hall–Kier alpha value is -3.88. The number of likely N-dealkylation sites (N-methyl/N-ethyl adjacent to an activating group) is 1. The molecule has 0 aromatic carbocycles. The molecule has 80 heavy (non-hydrogen) atoms. The van der Waals surface area contributed by atoms with E-state index < -0.39 is 26.6 Å². The maximum Gasteiger partial charge on any atom is 0.268 e. The van der Waals surface area contributed by atoms with E-state index >= 15 is 0 Å². The molecule has 0 radical (unpaired) electrons.